The standard InChI is InChI=1S/C19H22F2N11O9PS/c20-9-6(1-2-33)39-17(32-14-11(28-30-32)16(35)26-18(22)25-14)12(9)41-42(37,43)38-4-7-19(21,36)3-8(40-7)31-13-10(27-29-31)15(34)24-5-23-13/h5-9,12,17,33,36H,1-4H2,(H,37,43)(H,23,24,34)(H3,22,25,26,35)/t6-,7-,8-,9-,12-,17-,19-,42?/m1/s1. The van der Waals surface area contributed by atoms with Crippen molar-refractivity contribution >= 4 is 47.3 Å². The van der Waals surface area contributed by atoms with Crippen LogP contribution in [-0.4, -0.2) is 104 Å². The Hall–Kier alpha value is -3.44. The first kappa shape index (κ1) is 29.6. The highest BCUT2D eigenvalue weighted by molar-refractivity contribution is 8.44. The number of fused-ring (bicyclic) bond motifs is 2. The van der Waals surface area contributed by atoms with Crippen molar-refractivity contribution in [3.05, 3.63) is 27.0 Å². The SMILES string of the molecule is Nc1nc2c(nnn2[C@@H]2O[C@H](CCO)[C@@H](F)[C@H]2OP(=O)(S)OC[C@H]2O[C@@H](n3nnc4c(=O)[nH]cnc43)C[C@]2(O)F)c(=O)[nH]1. The van der Waals surface area contributed by atoms with E-state index in [2.05, 4.69) is 52.8 Å². The van der Waals surface area contributed by atoms with Gasteiger partial charge in [0.15, 0.2) is 41.0 Å². The summed E-state index contributed by atoms with van der Waals surface area (Å²) in [6.07, 6.45) is -9.56. The predicted octanol–water partition coefficient (Wildman–Crippen LogP) is -1.37. The van der Waals surface area contributed by atoms with E-state index in [4.69, 9.17) is 24.3 Å². The zero-order valence-electron chi connectivity index (χ0n) is 21.4. The lowest BCUT2D eigenvalue weighted by atomic mass is 10.1. The topological polar surface area (TPSA) is 273 Å². The van der Waals surface area contributed by atoms with Crippen LogP contribution in [0.25, 0.3) is 22.3 Å². The molecular weight excluding hydrogens is 627 g/mol. The molecule has 6 N–H and O–H groups in total. The number of halogens is 2. The van der Waals surface area contributed by atoms with Gasteiger partial charge in [0, 0.05) is 6.61 Å². The Labute approximate surface area is 241 Å². The van der Waals surface area contributed by atoms with Gasteiger partial charge in [0.2, 0.25) is 11.8 Å². The Balaban J connectivity index is 1.20. The molecule has 0 saturated carbocycles. The van der Waals surface area contributed by atoms with Gasteiger partial charge < -0.3 is 30.4 Å². The summed E-state index contributed by atoms with van der Waals surface area (Å²) in [5.74, 6) is -3.36. The number of nitrogens with one attached hydrogen (secondary N) is 2. The van der Waals surface area contributed by atoms with Crippen LogP contribution >= 0.6 is 19.0 Å². The Morgan fingerprint density at radius 1 is 1.21 bits per heavy atom. The molecule has 0 radical (unpaired) electrons. The van der Waals surface area contributed by atoms with Crippen molar-refractivity contribution < 1.29 is 42.1 Å². The molecule has 24 heteroatoms. The van der Waals surface area contributed by atoms with E-state index in [9.17, 15) is 24.4 Å². The number of aliphatic hydroxyl groups excluding tert-OH is 1. The van der Waals surface area contributed by atoms with Gasteiger partial charge in [-0.3, -0.25) is 23.6 Å². The van der Waals surface area contributed by atoms with Crippen LogP contribution in [-0.2, 0) is 23.1 Å². The molecule has 0 bridgehead atoms. The number of alkyl halides is 2. The van der Waals surface area contributed by atoms with Crippen LogP contribution in [0.2, 0.25) is 0 Å². The number of hydrogen-bond acceptors (Lipinski definition) is 16. The van der Waals surface area contributed by atoms with Gasteiger partial charge in [-0.15, -0.1) is 10.2 Å². The van der Waals surface area contributed by atoms with E-state index in [0.717, 1.165) is 15.7 Å². The summed E-state index contributed by atoms with van der Waals surface area (Å²) in [6.45, 7) is -5.98. The van der Waals surface area contributed by atoms with Crippen LogP contribution < -0.4 is 16.9 Å². The van der Waals surface area contributed by atoms with E-state index in [1.54, 1.807) is 0 Å². The maximum absolute atomic E-state index is 15.5. The molecule has 0 spiro atoms. The molecule has 1 unspecified atom stereocenters. The lowest BCUT2D eigenvalue weighted by Gasteiger charge is -2.25. The van der Waals surface area contributed by atoms with Gasteiger partial charge in [0.25, 0.3) is 11.1 Å². The van der Waals surface area contributed by atoms with E-state index in [-0.39, 0.29) is 34.7 Å². The third-order valence-corrected chi connectivity index (χ3v) is 8.35. The van der Waals surface area contributed by atoms with Crippen LogP contribution in [0.3, 0.4) is 0 Å². The van der Waals surface area contributed by atoms with Crippen molar-refractivity contribution in [3.63, 3.8) is 0 Å². The average molecular weight is 649 g/mol. The molecule has 4 aromatic rings. The third-order valence-electron chi connectivity index (χ3n) is 6.73. The second kappa shape index (κ2) is 10.9. The number of anilines is 1. The first-order valence-electron chi connectivity index (χ1n) is 12.4. The average Bonchev–Trinajstić information content (AvgIpc) is 3.69. The van der Waals surface area contributed by atoms with Crippen molar-refractivity contribution in [1.29, 1.82) is 0 Å². The summed E-state index contributed by atoms with van der Waals surface area (Å²) in [4.78, 5) is 36.5. The largest absolute Gasteiger partial charge is 0.396 e. The van der Waals surface area contributed by atoms with E-state index in [1.807, 2.05) is 0 Å². The van der Waals surface area contributed by atoms with Crippen LogP contribution in [0.1, 0.15) is 25.3 Å². The van der Waals surface area contributed by atoms with E-state index in [1.165, 1.54) is 0 Å². The zero-order chi connectivity index (χ0) is 30.7. The minimum absolute atomic E-state index is 0.0492. The molecule has 0 aromatic carbocycles. The highest BCUT2D eigenvalue weighted by atomic mass is 32.7. The van der Waals surface area contributed by atoms with Gasteiger partial charge in [-0.05, 0) is 6.42 Å². The number of aromatic amines is 2. The van der Waals surface area contributed by atoms with Gasteiger partial charge in [-0.1, -0.05) is 22.7 Å². The summed E-state index contributed by atoms with van der Waals surface area (Å²) in [5.41, 5.74) is 3.57. The van der Waals surface area contributed by atoms with Crippen molar-refractivity contribution in [2.24, 2.45) is 0 Å². The fourth-order valence-electron chi connectivity index (χ4n) is 4.74. The smallest absolute Gasteiger partial charge is 0.386 e. The maximum atomic E-state index is 15.5. The molecule has 2 aliphatic rings. The van der Waals surface area contributed by atoms with Crippen LogP contribution in [0.5, 0.6) is 0 Å². The first-order valence-corrected chi connectivity index (χ1v) is 15.1. The Morgan fingerprint density at radius 3 is 2.67 bits per heavy atom. The highest BCUT2D eigenvalue weighted by Gasteiger charge is 2.53. The quantitative estimate of drug-likeness (QED) is 0.0901. The summed E-state index contributed by atoms with van der Waals surface area (Å²) >= 11 is 3.87. The molecule has 43 heavy (non-hydrogen) atoms. The van der Waals surface area contributed by atoms with Crippen LogP contribution in [0, 0.1) is 0 Å². The summed E-state index contributed by atoms with van der Waals surface area (Å²) in [5, 5.41) is 34.6. The number of nitrogens with two attached hydrogens (primary N) is 1. The summed E-state index contributed by atoms with van der Waals surface area (Å²) in [7, 11) is 0. The molecule has 0 amide bonds. The molecule has 4 aromatic heterocycles. The van der Waals surface area contributed by atoms with Crippen molar-refractivity contribution in [2.75, 3.05) is 18.9 Å². The van der Waals surface area contributed by atoms with Crippen LogP contribution in [0.15, 0.2) is 15.9 Å². The lowest BCUT2D eigenvalue weighted by molar-refractivity contribution is -0.148. The molecule has 20 nitrogen and oxygen atoms in total. The van der Waals surface area contributed by atoms with Gasteiger partial charge in [0.05, 0.1) is 25.5 Å². The zero-order valence-corrected chi connectivity index (χ0v) is 23.2. The number of ether oxygens (including phenoxy) is 2. The maximum Gasteiger partial charge on any atom is 0.386 e. The first-order chi connectivity index (χ1) is 20.4. The van der Waals surface area contributed by atoms with Crippen molar-refractivity contribution in [2.45, 2.75) is 55.6 Å². The molecule has 8 atom stereocenters. The molecule has 0 aliphatic carbocycles. The molecule has 232 valence electrons. The fraction of sp³-hybridized carbons (Fsp3) is 0.579. The van der Waals surface area contributed by atoms with Crippen LogP contribution in [0.4, 0.5) is 14.7 Å². The number of aliphatic hydroxyl groups is 2. The Bertz CT molecular complexity index is 1830. The molecule has 2 aliphatic heterocycles. The van der Waals surface area contributed by atoms with Gasteiger partial charge in [0.1, 0.15) is 12.2 Å². The molecular formula is C19H22F2N11O9PS. The third kappa shape index (κ3) is 5.42. The van der Waals surface area contributed by atoms with E-state index >= 15 is 8.78 Å². The van der Waals surface area contributed by atoms with E-state index < -0.39 is 80.3 Å². The highest BCUT2D eigenvalue weighted by Crippen LogP contribution is 2.57. The monoisotopic (exact) mass is 649 g/mol. The predicted molar refractivity (Wildman–Crippen MR) is 139 cm³/mol. The lowest BCUT2D eigenvalue weighted by Crippen LogP contribution is -2.36. The Kier molecular flexibility index (Phi) is 7.53. The minimum Gasteiger partial charge on any atom is -0.396 e. The fourth-order valence-corrected chi connectivity index (χ4v) is 6.18. The van der Waals surface area contributed by atoms with E-state index in [0.29, 0.717) is 0 Å². The molecule has 2 fully saturated rings. The van der Waals surface area contributed by atoms with Crippen molar-refractivity contribution in [1.82, 2.24) is 49.9 Å². The van der Waals surface area contributed by atoms with Crippen molar-refractivity contribution in [3.8, 4) is 0 Å². The molecule has 6 rings (SSSR count). The number of thiol groups is 1. The Morgan fingerprint density at radius 2 is 1.93 bits per heavy atom. The second-order valence-corrected chi connectivity index (χ2v) is 12.4. The van der Waals surface area contributed by atoms with Gasteiger partial charge in [-0.25, -0.2) is 18.3 Å². The number of aromatic nitrogens is 10. The number of nitrogens with zero attached hydrogens (tertiary/aromatic N) is 8. The number of nitrogen functional groups attached to an aromatic ring is 1. The summed E-state index contributed by atoms with van der Waals surface area (Å²) in [6, 6.07) is 0. The normalized spacial score (nSPS) is 30.8. The van der Waals surface area contributed by atoms with Gasteiger partial charge >= 0.3 is 6.80 Å². The number of hydrogen-bond donors (Lipinski definition) is 6. The molecule has 2 saturated heterocycles. The number of rotatable bonds is 9. The molecule has 6 heterocycles. The number of H-pyrrole nitrogens is 2. The van der Waals surface area contributed by atoms with Gasteiger partial charge in [-0.2, -0.15) is 14.3 Å². The second-order valence-electron chi connectivity index (χ2n) is 9.55. The minimum atomic E-state index is -4.59. The summed E-state index contributed by atoms with van der Waals surface area (Å²) < 4.78 is 67.4.